The monoisotopic (exact) mass is 616 g/mol. The Morgan fingerprint density at radius 1 is 1.10 bits per heavy atom. The van der Waals surface area contributed by atoms with Gasteiger partial charge < -0.3 is 4.74 Å². The van der Waals surface area contributed by atoms with E-state index in [9.17, 15) is 32.9 Å². The van der Waals surface area contributed by atoms with E-state index in [-0.39, 0.29) is 37.4 Å². The van der Waals surface area contributed by atoms with Crippen LogP contribution >= 0.6 is 27.3 Å². The van der Waals surface area contributed by atoms with Gasteiger partial charge in [-0.15, -0.1) is 11.3 Å². The fourth-order valence-electron chi connectivity index (χ4n) is 4.62. The predicted octanol–water partition coefficient (Wildman–Crippen LogP) is 7.25. The molecule has 0 aliphatic heterocycles. The molecule has 198 valence electrons. The number of nitrogens with zero attached hydrogens (tertiary/aromatic N) is 2. The fraction of sp³-hybridized carbons (Fsp3) is 0.111. The minimum Gasteiger partial charge on any atom is -0.464 e. The van der Waals surface area contributed by atoms with E-state index >= 15 is 0 Å². The average molecular weight is 617 g/mol. The first-order chi connectivity index (χ1) is 18.5. The van der Waals surface area contributed by atoms with Crippen LogP contribution in [0.5, 0.6) is 0 Å². The number of pyridine rings is 1. The van der Waals surface area contributed by atoms with Crippen LogP contribution in [-0.4, -0.2) is 22.4 Å². The van der Waals surface area contributed by atoms with Crippen LogP contribution < -0.4 is 5.56 Å². The molecule has 5 rings (SSSR count). The van der Waals surface area contributed by atoms with Gasteiger partial charge >= 0.3 is 23.4 Å². The maximum absolute atomic E-state index is 13.7. The van der Waals surface area contributed by atoms with Gasteiger partial charge in [-0.2, -0.15) is 13.2 Å². The van der Waals surface area contributed by atoms with Gasteiger partial charge in [0.25, 0.3) is 0 Å². The highest BCUT2D eigenvalue weighted by atomic mass is 79.9. The number of methoxy groups -OCH3 is 1. The first-order valence-corrected chi connectivity index (χ1v) is 12.9. The number of alkyl halides is 3. The summed E-state index contributed by atoms with van der Waals surface area (Å²) in [6.45, 7) is 0. The van der Waals surface area contributed by atoms with Crippen molar-refractivity contribution in [2.45, 2.75) is 12.6 Å². The Hall–Kier alpha value is -4.03. The first kappa shape index (κ1) is 26.6. The lowest BCUT2D eigenvalue weighted by Gasteiger charge is -2.15. The zero-order valence-corrected chi connectivity index (χ0v) is 22.3. The average Bonchev–Trinajstić information content (AvgIpc) is 3.25. The molecule has 0 spiro atoms. The molecule has 5 aromatic rings. The van der Waals surface area contributed by atoms with Gasteiger partial charge in [0.05, 0.1) is 23.2 Å². The quantitative estimate of drug-likeness (QED) is 0.118. The van der Waals surface area contributed by atoms with Gasteiger partial charge in [0.2, 0.25) is 0 Å². The summed E-state index contributed by atoms with van der Waals surface area (Å²) in [6, 6.07) is 17.0. The molecule has 0 bridgehead atoms. The van der Waals surface area contributed by atoms with Crippen LogP contribution in [0.1, 0.15) is 27.2 Å². The molecule has 0 saturated heterocycles. The van der Waals surface area contributed by atoms with Crippen LogP contribution in [0.15, 0.2) is 75.3 Å². The molecule has 39 heavy (non-hydrogen) atoms. The topological polar surface area (TPSA) is 90.9 Å². The highest BCUT2D eigenvalue weighted by Gasteiger charge is 2.35. The number of nitro groups is 1. The molecule has 0 unspecified atom stereocenters. The summed E-state index contributed by atoms with van der Waals surface area (Å²) in [6.07, 6.45) is -4.81. The van der Waals surface area contributed by atoms with Crippen LogP contribution in [0.3, 0.4) is 0 Å². The Balaban J connectivity index is 1.95. The van der Waals surface area contributed by atoms with Gasteiger partial charge in [-0.05, 0) is 50.0 Å². The molecule has 3 aromatic carbocycles. The second-order valence-corrected chi connectivity index (χ2v) is 10.8. The Morgan fingerprint density at radius 3 is 2.49 bits per heavy atom. The molecule has 7 nitrogen and oxygen atoms in total. The number of ether oxygens (including phenoxy) is 1. The highest BCUT2D eigenvalue weighted by Crippen LogP contribution is 2.42. The van der Waals surface area contributed by atoms with Crippen LogP contribution in [0.25, 0.3) is 26.7 Å². The van der Waals surface area contributed by atoms with Gasteiger partial charge in [-0.1, -0.05) is 54.6 Å². The lowest BCUT2D eigenvalue weighted by atomic mass is 9.92. The zero-order valence-electron chi connectivity index (χ0n) is 19.9. The number of hydrogen-bond acceptors (Lipinski definition) is 6. The van der Waals surface area contributed by atoms with Crippen molar-refractivity contribution in [3.05, 3.63) is 113 Å². The number of rotatable bonds is 5. The maximum Gasteiger partial charge on any atom is 0.416 e. The van der Waals surface area contributed by atoms with E-state index < -0.39 is 33.9 Å². The standard InChI is InChI=1S/C27H16BrF3N2O5S/c1-38-26(35)22-23(28)39-25-20(16-9-5-10-17(12-16)27(29,30)31)19(21(33(36)37)24(34)32(22)25)13-15-8-4-7-14-6-2-3-11-18(14)15/h2-12H,13H2,1H3. The van der Waals surface area contributed by atoms with E-state index in [0.717, 1.165) is 45.8 Å². The van der Waals surface area contributed by atoms with Crippen LogP contribution in [0.4, 0.5) is 18.9 Å². The van der Waals surface area contributed by atoms with Crippen molar-refractivity contribution in [2.24, 2.45) is 0 Å². The molecule has 0 N–H and O–H groups in total. The number of thiazole rings is 1. The molecule has 0 saturated carbocycles. The number of esters is 1. The van der Waals surface area contributed by atoms with Crippen LogP contribution in [0.2, 0.25) is 0 Å². The number of hydrogen-bond donors (Lipinski definition) is 0. The molecular weight excluding hydrogens is 601 g/mol. The van der Waals surface area contributed by atoms with E-state index in [1.807, 2.05) is 24.3 Å². The molecule has 12 heteroatoms. The van der Waals surface area contributed by atoms with Gasteiger partial charge in [0, 0.05) is 12.0 Å². The zero-order chi connectivity index (χ0) is 28.1. The summed E-state index contributed by atoms with van der Waals surface area (Å²) in [4.78, 5) is 37.8. The molecule has 0 atom stereocenters. The lowest BCUT2D eigenvalue weighted by molar-refractivity contribution is -0.387. The number of aromatic nitrogens is 1. The third-order valence-electron chi connectivity index (χ3n) is 6.29. The number of fused-ring (bicyclic) bond motifs is 2. The van der Waals surface area contributed by atoms with Crippen molar-refractivity contribution in [3.63, 3.8) is 0 Å². The van der Waals surface area contributed by atoms with E-state index in [1.165, 1.54) is 12.1 Å². The van der Waals surface area contributed by atoms with Gasteiger partial charge in [0.15, 0.2) is 5.69 Å². The Kier molecular flexibility index (Phi) is 6.77. The number of benzene rings is 3. The predicted molar refractivity (Wildman–Crippen MR) is 144 cm³/mol. The largest absolute Gasteiger partial charge is 0.464 e. The summed E-state index contributed by atoms with van der Waals surface area (Å²) in [5, 5.41) is 14.0. The molecule has 0 fully saturated rings. The molecule has 2 heterocycles. The van der Waals surface area contributed by atoms with Crippen LogP contribution in [-0.2, 0) is 17.3 Å². The first-order valence-electron chi connectivity index (χ1n) is 11.3. The summed E-state index contributed by atoms with van der Waals surface area (Å²) in [7, 11) is 1.08. The minimum atomic E-state index is -4.68. The molecule has 0 amide bonds. The van der Waals surface area contributed by atoms with Crippen molar-refractivity contribution < 1.29 is 27.6 Å². The van der Waals surface area contributed by atoms with Gasteiger partial charge in [-0.3, -0.25) is 19.3 Å². The van der Waals surface area contributed by atoms with Crippen molar-refractivity contribution in [2.75, 3.05) is 7.11 Å². The fourth-order valence-corrected chi connectivity index (χ4v) is 6.47. The third kappa shape index (κ3) is 4.59. The van der Waals surface area contributed by atoms with E-state index in [4.69, 9.17) is 4.74 Å². The van der Waals surface area contributed by atoms with Crippen molar-refractivity contribution in [3.8, 4) is 11.1 Å². The second kappa shape index (κ2) is 9.93. The third-order valence-corrected chi connectivity index (χ3v) is 8.11. The SMILES string of the molecule is COC(=O)c1c(Br)sc2c(-c3cccc(C(F)(F)F)c3)c(Cc3cccc4ccccc34)c([N+](=O)[O-])c(=O)n12. The number of carbonyl (C=O) groups is 1. The Morgan fingerprint density at radius 2 is 1.79 bits per heavy atom. The van der Waals surface area contributed by atoms with E-state index in [2.05, 4.69) is 15.9 Å². The smallest absolute Gasteiger partial charge is 0.416 e. The van der Waals surface area contributed by atoms with Gasteiger partial charge in [-0.25, -0.2) is 4.79 Å². The number of carbonyl (C=O) groups excluding carboxylic acids is 1. The molecule has 0 aliphatic carbocycles. The van der Waals surface area contributed by atoms with Crippen molar-refractivity contribution in [1.82, 2.24) is 4.40 Å². The molecule has 0 radical (unpaired) electrons. The molecular formula is C27H16BrF3N2O5S. The van der Waals surface area contributed by atoms with Crippen molar-refractivity contribution in [1.29, 1.82) is 0 Å². The normalized spacial score (nSPS) is 11.7. The molecule has 0 aliphatic rings. The Bertz CT molecular complexity index is 1860. The highest BCUT2D eigenvalue weighted by molar-refractivity contribution is 9.11. The second-order valence-electron chi connectivity index (χ2n) is 8.51. The number of halogens is 4. The summed E-state index contributed by atoms with van der Waals surface area (Å²) in [5.41, 5.74) is -2.58. The van der Waals surface area contributed by atoms with Crippen molar-refractivity contribution >= 4 is 54.5 Å². The van der Waals surface area contributed by atoms with Crippen LogP contribution in [0, 0.1) is 10.1 Å². The maximum atomic E-state index is 13.7. The summed E-state index contributed by atoms with van der Waals surface area (Å²) >= 11 is 4.13. The van der Waals surface area contributed by atoms with E-state index in [1.54, 1.807) is 18.2 Å². The van der Waals surface area contributed by atoms with Gasteiger partial charge in [0.1, 0.15) is 8.62 Å². The van der Waals surface area contributed by atoms with E-state index in [0.29, 0.717) is 5.56 Å². The summed E-state index contributed by atoms with van der Waals surface area (Å²) in [5.74, 6) is -0.943. The lowest BCUT2D eigenvalue weighted by Crippen LogP contribution is -2.23. The minimum absolute atomic E-state index is 0.00540. The molecule has 2 aromatic heterocycles. The Labute approximate surface area is 230 Å². The summed E-state index contributed by atoms with van der Waals surface area (Å²) < 4.78 is 46.8.